The van der Waals surface area contributed by atoms with Crippen LogP contribution in [0.25, 0.3) is 39.4 Å². The first kappa shape index (κ1) is 27.9. The second-order valence-corrected chi connectivity index (χ2v) is 10.8. The zero-order valence-corrected chi connectivity index (χ0v) is 23.7. The van der Waals surface area contributed by atoms with E-state index in [-0.39, 0.29) is 25.2 Å². The summed E-state index contributed by atoms with van der Waals surface area (Å²) in [5.74, 6) is -1.85. The maximum Gasteiger partial charge on any atom is 0.269 e. The van der Waals surface area contributed by atoms with E-state index in [2.05, 4.69) is 35.6 Å². The molecule has 1 aromatic carbocycles. The summed E-state index contributed by atoms with van der Waals surface area (Å²) in [6.45, 7) is -0.588. The number of benzene rings is 1. The fraction of sp³-hybridized carbons (Fsp3) is 0.194. The Kier molecular flexibility index (Phi) is 7.00. The third-order valence-corrected chi connectivity index (χ3v) is 7.90. The molecule has 0 spiro atoms. The fourth-order valence-electron chi connectivity index (χ4n) is 5.80. The summed E-state index contributed by atoms with van der Waals surface area (Å²) in [4.78, 5) is 53.4. The number of hydrogen-bond acceptors (Lipinski definition) is 9. The minimum absolute atomic E-state index is 0.0158. The lowest BCUT2D eigenvalue weighted by Crippen LogP contribution is -2.44. The van der Waals surface area contributed by atoms with Crippen LogP contribution in [0.5, 0.6) is 0 Å². The van der Waals surface area contributed by atoms with Gasteiger partial charge in [-0.3, -0.25) is 24.0 Å². The van der Waals surface area contributed by atoms with E-state index in [1.54, 1.807) is 48.9 Å². The number of primary amides is 1. The molecule has 1 aliphatic carbocycles. The van der Waals surface area contributed by atoms with E-state index in [1.165, 1.54) is 22.1 Å². The Labute approximate surface area is 255 Å². The van der Waals surface area contributed by atoms with Crippen molar-refractivity contribution in [3.8, 4) is 22.4 Å². The van der Waals surface area contributed by atoms with Crippen LogP contribution >= 0.6 is 0 Å². The first-order valence-corrected chi connectivity index (χ1v) is 14.1. The van der Waals surface area contributed by atoms with Crippen LogP contribution in [0.15, 0.2) is 67.5 Å². The number of nitrogens with zero attached hydrogens (tertiary/aromatic N) is 8. The summed E-state index contributed by atoms with van der Waals surface area (Å²) in [6.07, 6.45) is 10.8. The molecule has 1 saturated heterocycles. The van der Waals surface area contributed by atoms with Gasteiger partial charge < -0.3 is 16.0 Å². The van der Waals surface area contributed by atoms with Crippen molar-refractivity contribution in [2.75, 3.05) is 11.9 Å². The van der Waals surface area contributed by atoms with Crippen LogP contribution in [0.3, 0.4) is 0 Å². The molecular formula is C31H25FN10O3. The van der Waals surface area contributed by atoms with Crippen molar-refractivity contribution in [2.24, 2.45) is 5.73 Å². The molecule has 3 amide bonds. The summed E-state index contributed by atoms with van der Waals surface area (Å²) >= 11 is 0. The first-order valence-electron chi connectivity index (χ1n) is 14.1. The van der Waals surface area contributed by atoms with Crippen molar-refractivity contribution in [3.05, 3.63) is 84.5 Å². The number of hydrogen-bond donors (Lipinski definition) is 2. The van der Waals surface area contributed by atoms with Gasteiger partial charge in [-0.1, -0.05) is 18.2 Å². The van der Waals surface area contributed by atoms with Gasteiger partial charge in [-0.25, -0.2) is 14.4 Å². The Balaban J connectivity index is 1.12. The lowest BCUT2D eigenvalue weighted by atomic mass is 10.0. The number of pyridine rings is 1. The maximum absolute atomic E-state index is 14.7. The predicted octanol–water partition coefficient (Wildman–Crippen LogP) is 2.59. The number of aromatic nitrogens is 7. The summed E-state index contributed by atoms with van der Waals surface area (Å²) in [5.41, 5.74) is 11.1. The fourth-order valence-corrected chi connectivity index (χ4v) is 5.80. The molecule has 14 heteroatoms. The van der Waals surface area contributed by atoms with Crippen molar-refractivity contribution in [1.29, 1.82) is 0 Å². The third-order valence-electron chi connectivity index (χ3n) is 7.90. The highest BCUT2D eigenvalue weighted by Crippen LogP contribution is 2.30. The average molecular weight is 605 g/mol. The van der Waals surface area contributed by atoms with Gasteiger partial charge >= 0.3 is 0 Å². The highest BCUT2D eigenvalue weighted by Gasteiger charge is 2.40. The number of halogens is 1. The molecular weight excluding hydrogens is 579 g/mol. The molecule has 4 aromatic heterocycles. The van der Waals surface area contributed by atoms with Gasteiger partial charge in [0.2, 0.25) is 11.8 Å². The smallest absolute Gasteiger partial charge is 0.269 e. The Morgan fingerprint density at radius 1 is 1.02 bits per heavy atom. The second-order valence-electron chi connectivity index (χ2n) is 10.8. The summed E-state index contributed by atoms with van der Waals surface area (Å²) in [5, 5.41) is 15.2. The molecule has 0 radical (unpaired) electrons. The van der Waals surface area contributed by atoms with Crippen molar-refractivity contribution >= 4 is 40.4 Å². The molecule has 0 saturated carbocycles. The van der Waals surface area contributed by atoms with E-state index < -0.39 is 29.9 Å². The quantitative estimate of drug-likeness (QED) is 0.283. The molecule has 3 N–H and O–H groups in total. The summed E-state index contributed by atoms with van der Waals surface area (Å²) < 4.78 is 16.0. The van der Waals surface area contributed by atoms with Gasteiger partial charge in [0, 0.05) is 41.1 Å². The number of alkyl halides is 1. The number of nitrogens with one attached hydrogen (secondary N) is 1. The first-order chi connectivity index (χ1) is 21.9. The Morgan fingerprint density at radius 2 is 1.91 bits per heavy atom. The van der Waals surface area contributed by atoms with Crippen LogP contribution < -0.4 is 11.1 Å². The Hall–Kier alpha value is -5.92. The molecule has 2 unspecified atom stereocenters. The zero-order chi connectivity index (χ0) is 31.1. The SMILES string of the molecule is NC(=O)c1nn(CC(=O)N2CC(F)CC2C(=O)Nc2cncc(-c3ncnc4c3C=CC4)c2)c2ccc(-c3ccnnc3)cc12. The summed E-state index contributed by atoms with van der Waals surface area (Å²) in [7, 11) is 0. The number of rotatable bonds is 7. The number of fused-ring (bicyclic) bond motifs is 2. The van der Waals surface area contributed by atoms with Crippen LogP contribution in [-0.4, -0.2) is 76.3 Å². The van der Waals surface area contributed by atoms with Gasteiger partial charge in [0.25, 0.3) is 5.91 Å². The number of carbonyl (C=O) groups excluding carboxylic acids is 3. The summed E-state index contributed by atoms with van der Waals surface area (Å²) in [6, 6.07) is 7.68. The van der Waals surface area contributed by atoms with E-state index in [0.717, 1.165) is 22.4 Å². The van der Waals surface area contributed by atoms with Gasteiger partial charge in [-0.05, 0) is 29.8 Å². The predicted molar refractivity (Wildman–Crippen MR) is 161 cm³/mol. The average Bonchev–Trinajstić information content (AvgIpc) is 3.78. The topological polar surface area (TPSA) is 175 Å². The zero-order valence-electron chi connectivity index (χ0n) is 23.7. The van der Waals surface area contributed by atoms with Crippen LogP contribution in [0.2, 0.25) is 0 Å². The molecule has 1 aliphatic heterocycles. The monoisotopic (exact) mass is 604 g/mol. The molecule has 2 aliphatic rings. The standard InChI is InChI=1S/C31H25FN10O3/c32-20-10-26(31(45)39-21-8-19(11-34-13-21)28-22-2-1-3-24(22)35-16-36-28)41(14-20)27(43)15-42-25-5-4-17(18-6-7-37-38-12-18)9-23(25)29(40-42)30(33)44/h1-2,4-9,11-13,16,20,26H,3,10,14-15H2,(H2,33,44)(H,39,45). The molecule has 1 fully saturated rings. The van der Waals surface area contributed by atoms with Crippen molar-refractivity contribution in [1.82, 2.24) is 39.8 Å². The van der Waals surface area contributed by atoms with Gasteiger partial charge in [0.05, 0.1) is 47.7 Å². The third kappa shape index (κ3) is 5.26. The van der Waals surface area contributed by atoms with E-state index in [1.807, 2.05) is 12.2 Å². The van der Waals surface area contributed by atoms with Crippen LogP contribution in [0.4, 0.5) is 10.1 Å². The van der Waals surface area contributed by atoms with Crippen molar-refractivity contribution in [2.45, 2.75) is 31.6 Å². The molecule has 5 heterocycles. The number of nitrogens with two attached hydrogens (primary N) is 1. The van der Waals surface area contributed by atoms with Crippen LogP contribution in [0, 0.1) is 0 Å². The maximum atomic E-state index is 14.7. The Morgan fingerprint density at radius 3 is 2.73 bits per heavy atom. The lowest BCUT2D eigenvalue weighted by molar-refractivity contribution is -0.137. The van der Waals surface area contributed by atoms with Crippen LogP contribution in [0.1, 0.15) is 28.2 Å². The minimum atomic E-state index is -1.39. The molecule has 0 bridgehead atoms. The van der Waals surface area contributed by atoms with Gasteiger partial charge in [-0.15, -0.1) is 0 Å². The van der Waals surface area contributed by atoms with E-state index >= 15 is 0 Å². The normalized spacial score (nSPS) is 17.0. The molecule has 45 heavy (non-hydrogen) atoms. The van der Waals surface area contributed by atoms with Crippen molar-refractivity contribution < 1.29 is 18.8 Å². The number of likely N-dealkylation sites (tertiary alicyclic amines) is 1. The van der Waals surface area contributed by atoms with E-state index in [9.17, 15) is 18.8 Å². The van der Waals surface area contributed by atoms with E-state index in [4.69, 9.17) is 5.73 Å². The number of carbonyl (C=O) groups is 3. The second kappa shape index (κ2) is 11.3. The molecule has 2 atom stereocenters. The van der Waals surface area contributed by atoms with Gasteiger partial charge in [0.15, 0.2) is 5.69 Å². The number of allylic oxidation sites excluding steroid dienone is 1. The van der Waals surface area contributed by atoms with Gasteiger partial charge in [0.1, 0.15) is 25.1 Å². The lowest BCUT2D eigenvalue weighted by Gasteiger charge is -2.23. The van der Waals surface area contributed by atoms with E-state index in [0.29, 0.717) is 34.3 Å². The number of amides is 3. The number of anilines is 1. The molecule has 13 nitrogen and oxygen atoms in total. The minimum Gasteiger partial charge on any atom is -0.364 e. The van der Waals surface area contributed by atoms with Gasteiger partial charge in [-0.2, -0.15) is 15.3 Å². The molecule has 5 aromatic rings. The molecule has 224 valence electrons. The van der Waals surface area contributed by atoms with Crippen LogP contribution in [-0.2, 0) is 22.6 Å². The largest absolute Gasteiger partial charge is 0.364 e. The highest BCUT2D eigenvalue weighted by molar-refractivity contribution is 6.05. The highest BCUT2D eigenvalue weighted by atomic mass is 19.1. The Bertz CT molecular complexity index is 2010. The molecule has 7 rings (SSSR count). The van der Waals surface area contributed by atoms with Crippen molar-refractivity contribution in [3.63, 3.8) is 0 Å².